The van der Waals surface area contributed by atoms with Gasteiger partial charge in [0.25, 0.3) is 0 Å². The number of fused-ring (bicyclic) bond motifs is 11. The number of para-hydroxylation sites is 2. The Labute approximate surface area is 196 Å². The average Bonchev–Trinajstić information content (AvgIpc) is 3.58. The van der Waals surface area contributed by atoms with Crippen molar-refractivity contribution in [3.8, 4) is 0 Å². The minimum atomic E-state index is 0.166. The molecule has 0 radical (unpaired) electrons. The number of nitrogens with zero attached hydrogens (tertiary/aromatic N) is 2. The van der Waals surface area contributed by atoms with Crippen LogP contribution in [0.2, 0.25) is 5.82 Å². The fourth-order valence-corrected chi connectivity index (χ4v) is 7.19. The smallest absolute Gasteiger partial charge is 0.393 e. The molecule has 5 aromatic rings. The second-order valence-corrected chi connectivity index (χ2v) is 9.97. The van der Waals surface area contributed by atoms with Crippen molar-refractivity contribution in [1.29, 1.82) is 0 Å². The molecule has 3 nitrogen and oxygen atoms in total. The Hall–Kier alpha value is -3.70. The van der Waals surface area contributed by atoms with Gasteiger partial charge in [0.15, 0.2) is 5.76 Å². The maximum atomic E-state index is 6.04. The molecule has 1 atom stereocenters. The third-order valence-corrected chi connectivity index (χ3v) is 8.51. The predicted molar refractivity (Wildman–Crippen MR) is 140 cm³/mol. The van der Waals surface area contributed by atoms with Crippen molar-refractivity contribution in [2.24, 2.45) is 0 Å². The lowest BCUT2D eigenvalue weighted by Gasteiger charge is -2.40. The zero-order valence-electron chi connectivity index (χ0n) is 17.8. The molecular weight excluding hydrogens is 423 g/mol. The topological polar surface area (TPSA) is 19.6 Å². The molecule has 0 saturated carbocycles. The lowest BCUT2D eigenvalue weighted by Crippen LogP contribution is -2.50. The van der Waals surface area contributed by atoms with Crippen LogP contribution >= 0.6 is 11.3 Å². The molecule has 0 fully saturated rings. The molecule has 4 heterocycles. The van der Waals surface area contributed by atoms with Crippen LogP contribution in [-0.2, 0) is 0 Å². The minimum Gasteiger partial charge on any atom is -0.462 e. The number of furan rings is 1. The Morgan fingerprint density at radius 1 is 0.788 bits per heavy atom. The molecule has 2 aliphatic heterocycles. The molecule has 0 N–H and O–H groups in total. The highest BCUT2D eigenvalue weighted by molar-refractivity contribution is 7.26. The average molecular weight is 442 g/mol. The van der Waals surface area contributed by atoms with E-state index in [4.69, 9.17) is 4.42 Å². The van der Waals surface area contributed by atoms with Crippen molar-refractivity contribution in [2.75, 3.05) is 9.62 Å². The maximum Gasteiger partial charge on any atom is 0.393 e. The Morgan fingerprint density at radius 2 is 1.55 bits per heavy atom. The van der Waals surface area contributed by atoms with E-state index in [0.29, 0.717) is 5.82 Å². The summed E-state index contributed by atoms with van der Waals surface area (Å²) in [4.78, 5) is 5.09. The zero-order valence-corrected chi connectivity index (χ0v) is 18.6. The van der Waals surface area contributed by atoms with Crippen LogP contribution in [0.1, 0.15) is 12.2 Å². The third kappa shape index (κ3) is 2.25. The van der Waals surface area contributed by atoms with Gasteiger partial charge in [-0.05, 0) is 42.3 Å². The van der Waals surface area contributed by atoms with Gasteiger partial charge in [-0.3, -0.25) is 0 Å². The number of allylic oxidation sites excluding steroid dienone is 4. The quantitative estimate of drug-likeness (QED) is 0.244. The van der Waals surface area contributed by atoms with Gasteiger partial charge in [-0.15, -0.1) is 11.3 Å². The summed E-state index contributed by atoms with van der Waals surface area (Å²) in [5.74, 6) is 1.34. The first kappa shape index (κ1) is 17.8. The van der Waals surface area contributed by atoms with Crippen molar-refractivity contribution in [3.05, 3.63) is 103 Å². The van der Waals surface area contributed by atoms with Crippen molar-refractivity contribution >= 4 is 66.8 Å². The summed E-state index contributed by atoms with van der Waals surface area (Å²) < 4.78 is 8.73. The number of hydrogen-bond acceptors (Lipinski definition) is 4. The van der Waals surface area contributed by atoms with Gasteiger partial charge in [0.2, 0.25) is 0 Å². The van der Waals surface area contributed by atoms with Crippen LogP contribution in [0.4, 0.5) is 22.7 Å². The Kier molecular flexibility index (Phi) is 3.47. The fraction of sp³-hybridized carbons (Fsp3) is 0.0714. The predicted octanol–water partition coefficient (Wildman–Crippen LogP) is 8.15. The normalized spacial score (nSPS) is 18.4. The Balaban J connectivity index is 1.44. The molecule has 1 aliphatic carbocycles. The molecule has 5 heteroatoms. The summed E-state index contributed by atoms with van der Waals surface area (Å²) in [5.41, 5.74) is 6.26. The van der Waals surface area contributed by atoms with Gasteiger partial charge in [-0.2, -0.15) is 0 Å². The molecule has 3 aromatic carbocycles. The molecule has 0 spiro atoms. The van der Waals surface area contributed by atoms with E-state index in [2.05, 4.69) is 101 Å². The molecule has 0 saturated heterocycles. The van der Waals surface area contributed by atoms with Gasteiger partial charge in [0.05, 0.1) is 28.0 Å². The van der Waals surface area contributed by atoms with Crippen LogP contribution < -0.4 is 9.62 Å². The number of thiophene rings is 1. The lowest BCUT2D eigenvalue weighted by atomic mass is 9.52. The Morgan fingerprint density at radius 3 is 2.45 bits per heavy atom. The maximum absolute atomic E-state index is 6.04. The molecule has 1 unspecified atom stereocenters. The largest absolute Gasteiger partial charge is 0.462 e. The van der Waals surface area contributed by atoms with Gasteiger partial charge in [-0.25, -0.2) is 0 Å². The standard InChI is InChI=1S/C28H19BN2OS/c1-3-11-21-20(9-1)27-24(16-17-32-27)30-22-12-4-5-13-23(22)31(29(21)30)25-14-7-10-19-18-8-2-6-15-26(18)33-28(19)25/h1-10,12-17,21H,11H2. The third-order valence-electron chi connectivity index (χ3n) is 7.30. The summed E-state index contributed by atoms with van der Waals surface area (Å²) in [7, 11) is 0. The van der Waals surface area contributed by atoms with E-state index in [1.807, 2.05) is 17.6 Å². The monoisotopic (exact) mass is 442 g/mol. The van der Waals surface area contributed by atoms with Crippen LogP contribution in [0.25, 0.3) is 25.7 Å². The van der Waals surface area contributed by atoms with Crippen molar-refractivity contribution in [2.45, 2.75) is 12.2 Å². The van der Waals surface area contributed by atoms with Gasteiger partial charge < -0.3 is 14.0 Å². The number of anilines is 4. The fourth-order valence-electron chi connectivity index (χ4n) is 5.98. The molecular formula is C28H19BN2OS. The molecule has 33 heavy (non-hydrogen) atoms. The SMILES string of the molecule is C1=CCC2B3N(c4ccccc4N3c3cccc4c3sc3ccccc34)c3ccoc3C2=C1. The summed E-state index contributed by atoms with van der Waals surface area (Å²) in [6.45, 7) is 0.166. The second-order valence-electron chi connectivity index (χ2n) is 8.92. The van der Waals surface area contributed by atoms with Crippen LogP contribution in [0, 0.1) is 0 Å². The van der Waals surface area contributed by atoms with Gasteiger partial charge >= 0.3 is 6.98 Å². The molecule has 156 valence electrons. The first-order valence-corrected chi connectivity index (χ1v) is 12.2. The van der Waals surface area contributed by atoms with Crippen molar-refractivity contribution < 1.29 is 4.42 Å². The van der Waals surface area contributed by atoms with E-state index in [9.17, 15) is 0 Å². The van der Waals surface area contributed by atoms with E-state index >= 15 is 0 Å². The Bertz CT molecular complexity index is 1640. The summed E-state index contributed by atoms with van der Waals surface area (Å²) in [6, 6.07) is 26.5. The molecule has 2 aromatic heterocycles. The van der Waals surface area contributed by atoms with E-state index in [0.717, 1.165) is 17.9 Å². The van der Waals surface area contributed by atoms with E-state index in [1.54, 1.807) is 0 Å². The number of rotatable bonds is 1. The molecule has 8 rings (SSSR count). The first-order valence-electron chi connectivity index (χ1n) is 11.4. The molecule has 0 amide bonds. The molecule has 0 bridgehead atoms. The summed E-state index contributed by atoms with van der Waals surface area (Å²) in [6.07, 6.45) is 9.55. The zero-order chi connectivity index (χ0) is 21.5. The van der Waals surface area contributed by atoms with Gasteiger partial charge in [-0.1, -0.05) is 60.7 Å². The van der Waals surface area contributed by atoms with E-state index in [-0.39, 0.29) is 6.98 Å². The van der Waals surface area contributed by atoms with Gasteiger partial charge in [0, 0.05) is 27.0 Å². The van der Waals surface area contributed by atoms with Gasteiger partial charge in [0.1, 0.15) is 0 Å². The minimum absolute atomic E-state index is 0.166. The summed E-state index contributed by atoms with van der Waals surface area (Å²) >= 11 is 1.90. The highest BCUT2D eigenvalue weighted by Gasteiger charge is 2.53. The lowest BCUT2D eigenvalue weighted by molar-refractivity contribution is 0.549. The highest BCUT2D eigenvalue weighted by atomic mass is 32.1. The van der Waals surface area contributed by atoms with Crippen LogP contribution in [0.15, 0.2) is 102 Å². The van der Waals surface area contributed by atoms with Crippen LogP contribution in [0.5, 0.6) is 0 Å². The van der Waals surface area contributed by atoms with E-state index < -0.39 is 0 Å². The molecule has 3 aliphatic rings. The van der Waals surface area contributed by atoms with E-state index in [1.165, 1.54) is 42.8 Å². The number of benzene rings is 3. The first-order chi connectivity index (χ1) is 16.4. The van der Waals surface area contributed by atoms with Crippen LogP contribution in [-0.4, -0.2) is 6.98 Å². The van der Waals surface area contributed by atoms with Crippen LogP contribution in [0.3, 0.4) is 0 Å². The summed E-state index contributed by atoms with van der Waals surface area (Å²) in [5, 5.41) is 2.67. The van der Waals surface area contributed by atoms with Crippen molar-refractivity contribution in [1.82, 2.24) is 0 Å². The second kappa shape index (κ2) is 6.43. The van der Waals surface area contributed by atoms with Crippen molar-refractivity contribution in [3.63, 3.8) is 0 Å². The number of hydrogen-bond donors (Lipinski definition) is 0. The highest BCUT2D eigenvalue weighted by Crippen LogP contribution is 2.58.